The van der Waals surface area contributed by atoms with Crippen molar-refractivity contribution in [1.82, 2.24) is 19.5 Å². The number of hydrogen-bond donors (Lipinski definition) is 2. The molecular formula is C14H21N5O2. The molecule has 7 heteroatoms. The fourth-order valence-electron chi connectivity index (χ4n) is 2.53. The summed E-state index contributed by atoms with van der Waals surface area (Å²) in [6.45, 7) is 3.21. The molecule has 114 valence electrons. The van der Waals surface area contributed by atoms with Crippen molar-refractivity contribution in [2.45, 2.75) is 44.9 Å². The first-order valence-corrected chi connectivity index (χ1v) is 7.47. The Morgan fingerprint density at radius 2 is 2.33 bits per heavy atom. The van der Waals surface area contributed by atoms with E-state index in [9.17, 15) is 5.11 Å². The molecule has 2 atom stereocenters. The molecule has 0 spiro atoms. The molecule has 2 unspecified atom stereocenters. The summed E-state index contributed by atoms with van der Waals surface area (Å²) in [6, 6.07) is 0. The molecule has 0 radical (unpaired) electrons. The number of rotatable bonds is 5. The lowest BCUT2D eigenvalue weighted by molar-refractivity contribution is -0.0298. The van der Waals surface area contributed by atoms with Crippen LogP contribution < -0.4 is 5.32 Å². The van der Waals surface area contributed by atoms with Crippen LogP contribution in [0.25, 0.3) is 11.2 Å². The molecule has 2 aromatic rings. The summed E-state index contributed by atoms with van der Waals surface area (Å²) in [5, 5.41) is 12.5. The van der Waals surface area contributed by atoms with Crippen LogP contribution in [0.15, 0.2) is 12.7 Å². The molecule has 0 bridgehead atoms. The van der Waals surface area contributed by atoms with Gasteiger partial charge in [-0.25, -0.2) is 15.0 Å². The second-order valence-electron chi connectivity index (χ2n) is 5.43. The highest BCUT2D eigenvalue weighted by atomic mass is 16.5. The van der Waals surface area contributed by atoms with Crippen molar-refractivity contribution in [2.24, 2.45) is 0 Å². The highest BCUT2D eigenvalue weighted by Gasteiger charge is 2.19. The van der Waals surface area contributed by atoms with Crippen LogP contribution in [-0.2, 0) is 4.74 Å². The Morgan fingerprint density at radius 1 is 1.43 bits per heavy atom. The van der Waals surface area contributed by atoms with Gasteiger partial charge in [-0.15, -0.1) is 0 Å². The topological polar surface area (TPSA) is 85.1 Å². The molecule has 2 aromatic heterocycles. The van der Waals surface area contributed by atoms with Gasteiger partial charge in [0.25, 0.3) is 0 Å². The fourth-order valence-corrected chi connectivity index (χ4v) is 2.53. The van der Waals surface area contributed by atoms with Gasteiger partial charge in [0.2, 0.25) is 0 Å². The number of hydrogen-bond acceptors (Lipinski definition) is 6. The van der Waals surface area contributed by atoms with Crippen LogP contribution in [0.5, 0.6) is 0 Å². The summed E-state index contributed by atoms with van der Waals surface area (Å²) >= 11 is 0. The number of nitrogens with zero attached hydrogens (tertiary/aromatic N) is 4. The quantitative estimate of drug-likeness (QED) is 0.872. The SMILES string of the molecule is CC(O)CCNc1ncnc2c1ncn2C1CCCCO1. The number of aliphatic hydroxyl groups excluding tert-OH is 1. The lowest BCUT2D eigenvalue weighted by atomic mass is 10.2. The predicted molar refractivity (Wildman–Crippen MR) is 79.0 cm³/mol. The minimum atomic E-state index is -0.331. The summed E-state index contributed by atoms with van der Waals surface area (Å²) in [4.78, 5) is 13.0. The lowest BCUT2D eigenvalue weighted by Crippen LogP contribution is -2.17. The number of aliphatic hydroxyl groups is 1. The van der Waals surface area contributed by atoms with Crippen molar-refractivity contribution in [1.29, 1.82) is 0 Å². The largest absolute Gasteiger partial charge is 0.393 e. The highest BCUT2D eigenvalue weighted by molar-refractivity contribution is 5.82. The van der Waals surface area contributed by atoms with E-state index in [4.69, 9.17) is 4.74 Å². The van der Waals surface area contributed by atoms with Crippen LogP contribution in [0.3, 0.4) is 0 Å². The maximum absolute atomic E-state index is 9.31. The zero-order valence-corrected chi connectivity index (χ0v) is 12.2. The van der Waals surface area contributed by atoms with Crippen molar-refractivity contribution in [3.05, 3.63) is 12.7 Å². The van der Waals surface area contributed by atoms with Gasteiger partial charge in [-0.1, -0.05) is 0 Å². The molecule has 21 heavy (non-hydrogen) atoms. The zero-order chi connectivity index (χ0) is 14.7. The van der Waals surface area contributed by atoms with E-state index < -0.39 is 0 Å². The molecule has 1 fully saturated rings. The van der Waals surface area contributed by atoms with Gasteiger partial charge < -0.3 is 15.2 Å². The summed E-state index contributed by atoms with van der Waals surface area (Å²) in [7, 11) is 0. The average Bonchev–Trinajstić information content (AvgIpc) is 2.92. The van der Waals surface area contributed by atoms with Gasteiger partial charge in [-0.2, -0.15) is 0 Å². The second kappa shape index (κ2) is 6.36. The Kier molecular flexibility index (Phi) is 4.31. The highest BCUT2D eigenvalue weighted by Crippen LogP contribution is 2.27. The summed E-state index contributed by atoms with van der Waals surface area (Å²) in [5.41, 5.74) is 1.54. The van der Waals surface area contributed by atoms with Gasteiger partial charge in [0.1, 0.15) is 12.6 Å². The summed E-state index contributed by atoms with van der Waals surface area (Å²) in [6.07, 6.45) is 6.92. The van der Waals surface area contributed by atoms with Crippen molar-refractivity contribution in [3.8, 4) is 0 Å². The van der Waals surface area contributed by atoms with E-state index in [0.717, 1.165) is 37.0 Å². The minimum absolute atomic E-state index is 0.0176. The first-order valence-electron chi connectivity index (χ1n) is 7.47. The molecule has 7 nitrogen and oxygen atoms in total. The molecule has 1 aliphatic heterocycles. The molecule has 3 rings (SSSR count). The number of ether oxygens (including phenoxy) is 1. The van der Waals surface area contributed by atoms with Crippen molar-refractivity contribution in [3.63, 3.8) is 0 Å². The van der Waals surface area contributed by atoms with Gasteiger partial charge in [0, 0.05) is 13.2 Å². The lowest BCUT2D eigenvalue weighted by Gasteiger charge is -2.23. The van der Waals surface area contributed by atoms with Crippen molar-refractivity contribution < 1.29 is 9.84 Å². The van der Waals surface area contributed by atoms with E-state index in [-0.39, 0.29) is 12.3 Å². The Hall–Kier alpha value is -1.73. The molecule has 0 aliphatic carbocycles. The first kappa shape index (κ1) is 14.2. The molecule has 1 saturated heterocycles. The summed E-state index contributed by atoms with van der Waals surface area (Å²) in [5.74, 6) is 0.704. The number of aromatic nitrogens is 4. The van der Waals surface area contributed by atoms with Gasteiger partial charge in [0.05, 0.1) is 12.4 Å². The van der Waals surface area contributed by atoms with Crippen molar-refractivity contribution >= 4 is 17.0 Å². The van der Waals surface area contributed by atoms with Crippen molar-refractivity contribution in [2.75, 3.05) is 18.5 Å². The van der Waals surface area contributed by atoms with Gasteiger partial charge in [-0.05, 0) is 32.6 Å². The Labute approximate surface area is 123 Å². The number of anilines is 1. The van der Waals surface area contributed by atoms with Crippen LogP contribution in [0, 0.1) is 0 Å². The van der Waals surface area contributed by atoms with E-state index in [1.165, 1.54) is 6.33 Å². The van der Waals surface area contributed by atoms with E-state index in [2.05, 4.69) is 20.3 Å². The second-order valence-corrected chi connectivity index (χ2v) is 5.43. The smallest absolute Gasteiger partial charge is 0.167 e. The van der Waals surface area contributed by atoms with Gasteiger partial charge in [-0.3, -0.25) is 4.57 Å². The van der Waals surface area contributed by atoms with E-state index in [1.54, 1.807) is 13.3 Å². The normalized spacial score (nSPS) is 20.6. The molecule has 0 aromatic carbocycles. The predicted octanol–water partition coefficient (Wildman–Crippen LogP) is 1.71. The van der Waals surface area contributed by atoms with E-state index in [0.29, 0.717) is 18.8 Å². The van der Waals surface area contributed by atoms with Crippen LogP contribution in [0.2, 0.25) is 0 Å². The fraction of sp³-hybridized carbons (Fsp3) is 0.643. The molecular weight excluding hydrogens is 270 g/mol. The zero-order valence-electron chi connectivity index (χ0n) is 12.2. The molecule has 0 amide bonds. The monoisotopic (exact) mass is 291 g/mol. The van der Waals surface area contributed by atoms with Crippen LogP contribution in [0.4, 0.5) is 5.82 Å². The standard InChI is InChI=1S/C14H21N5O2/c1-10(20)5-6-15-13-12-14(17-8-16-13)19(9-18-12)11-4-2-3-7-21-11/h8-11,20H,2-7H2,1H3,(H,15,16,17). The van der Waals surface area contributed by atoms with Gasteiger partial charge in [0.15, 0.2) is 17.0 Å². The number of imidazole rings is 1. The Morgan fingerprint density at radius 3 is 3.10 bits per heavy atom. The average molecular weight is 291 g/mol. The number of fused-ring (bicyclic) bond motifs is 1. The van der Waals surface area contributed by atoms with Gasteiger partial charge >= 0.3 is 0 Å². The van der Waals surface area contributed by atoms with E-state index in [1.807, 2.05) is 4.57 Å². The number of nitrogens with one attached hydrogen (secondary N) is 1. The Balaban J connectivity index is 1.81. The van der Waals surface area contributed by atoms with Crippen LogP contribution >= 0.6 is 0 Å². The molecule has 1 aliphatic rings. The maximum atomic E-state index is 9.31. The first-order chi connectivity index (χ1) is 10.3. The molecule has 0 saturated carbocycles. The Bertz CT molecular complexity index is 592. The van der Waals surface area contributed by atoms with E-state index >= 15 is 0 Å². The minimum Gasteiger partial charge on any atom is -0.393 e. The maximum Gasteiger partial charge on any atom is 0.167 e. The molecule has 3 heterocycles. The third-order valence-electron chi connectivity index (χ3n) is 3.68. The third-order valence-corrected chi connectivity index (χ3v) is 3.68. The third kappa shape index (κ3) is 3.14. The summed E-state index contributed by atoms with van der Waals surface area (Å²) < 4.78 is 7.77. The van der Waals surface area contributed by atoms with Crippen LogP contribution in [0.1, 0.15) is 38.8 Å². The van der Waals surface area contributed by atoms with Crippen LogP contribution in [-0.4, -0.2) is 43.9 Å². The molecule has 2 N–H and O–H groups in total.